The molecule has 0 aliphatic rings. The van der Waals surface area contributed by atoms with E-state index in [0.717, 1.165) is 0 Å². The molecular weight excluding hydrogens is 279 g/mol. The van der Waals surface area contributed by atoms with Gasteiger partial charge in [0.25, 0.3) is 9.05 Å². The SMILES string of the molecule is O=S(=O)(Cl)c1cccc(Oc2ccc(F)cc2)c1. The van der Waals surface area contributed by atoms with Crippen LogP contribution in [0, 0.1) is 5.82 Å². The average Bonchev–Trinajstić information content (AvgIpc) is 2.31. The van der Waals surface area contributed by atoms with Gasteiger partial charge in [0.05, 0.1) is 4.90 Å². The lowest BCUT2D eigenvalue weighted by Gasteiger charge is -2.06. The van der Waals surface area contributed by atoms with E-state index in [1.807, 2.05) is 0 Å². The van der Waals surface area contributed by atoms with E-state index in [0.29, 0.717) is 11.5 Å². The minimum Gasteiger partial charge on any atom is -0.457 e. The van der Waals surface area contributed by atoms with Crippen LogP contribution >= 0.6 is 10.7 Å². The van der Waals surface area contributed by atoms with E-state index in [9.17, 15) is 12.8 Å². The molecule has 0 fully saturated rings. The zero-order valence-corrected chi connectivity index (χ0v) is 10.6. The molecule has 0 amide bonds. The summed E-state index contributed by atoms with van der Waals surface area (Å²) in [5.74, 6) is 0.336. The van der Waals surface area contributed by atoms with Gasteiger partial charge in [-0.1, -0.05) is 6.07 Å². The van der Waals surface area contributed by atoms with E-state index in [4.69, 9.17) is 15.4 Å². The van der Waals surface area contributed by atoms with Crippen molar-refractivity contribution in [1.29, 1.82) is 0 Å². The van der Waals surface area contributed by atoms with Crippen molar-refractivity contribution in [1.82, 2.24) is 0 Å². The summed E-state index contributed by atoms with van der Waals surface area (Å²) in [4.78, 5) is -0.0521. The number of ether oxygens (including phenoxy) is 1. The van der Waals surface area contributed by atoms with Gasteiger partial charge in [0, 0.05) is 16.7 Å². The molecular formula is C12H8ClFO3S. The van der Waals surface area contributed by atoms with Gasteiger partial charge in [0.1, 0.15) is 17.3 Å². The number of hydrogen-bond acceptors (Lipinski definition) is 3. The second kappa shape index (κ2) is 4.96. The first-order chi connectivity index (χ1) is 8.45. The predicted molar refractivity (Wildman–Crippen MR) is 66.0 cm³/mol. The van der Waals surface area contributed by atoms with Crippen LogP contribution in [0.25, 0.3) is 0 Å². The Hall–Kier alpha value is -1.59. The van der Waals surface area contributed by atoms with Gasteiger partial charge in [-0.05, 0) is 36.4 Å². The van der Waals surface area contributed by atoms with Crippen molar-refractivity contribution in [3.05, 3.63) is 54.3 Å². The lowest BCUT2D eigenvalue weighted by atomic mass is 10.3. The number of benzene rings is 2. The van der Waals surface area contributed by atoms with Gasteiger partial charge in [-0.2, -0.15) is 0 Å². The minimum atomic E-state index is -3.79. The normalized spacial score (nSPS) is 11.2. The Morgan fingerprint density at radius 3 is 2.28 bits per heavy atom. The van der Waals surface area contributed by atoms with E-state index < -0.39 is 9.05 Å². The lowest BCUT2D eigenvalue weighted by molar-refractivity contribution is 0.479. The zero-order valence-electron chi connectivity index (χ0n) is 9.01. The second-order valence-electron chi connectivity index (χ2n) is 3.47. The maximum Gasteiger partial charge on any atom is 0.261 e. The molecule has 0 bridgehead atoms. The molecule has 0 saturated heterocycles. The third-order valence-corrected chi connectivity index (χ3v) is 3.49. The smallest absolute Gasteiger partial charge is 0.261 e. The van der Waals surface area contributed by atoms with E-state index in [2.05, 4.69) is 0 Å². The van der Waals surface area contributed by atoms with Crippen molar-refractivity contribution in [2.45, 2.75) is 4.90 Å². The largest absolute Gasteiger partial charge is 0.457 e. The third kappa shape index (κ3) is 3.21. The Bertz CT molecular complexity index is 653. The van der Waals surface area contributed by atoms with Gasteiger partial charge >= 0.3 is 0 Å². The van der Waals surface area contributed by atoms with Gasteiger partial charge in [0.2, 0.25) is 0 Å². The molecule has 0 aliphatic heterocycles. The average molecular weight is 287 g/mol. The molecule has 2 aromatic carbocycles. The summed E-state index contributed by atoms with van der Waals surface area (Å²) < 4.78 is 40.4. The van der Waals surface area contributed by atoms with Crippen LogP contribution in [0.1, 0.15) is 0 Å². The molecule has 94 valence electrons. The molecule has 6 heteroatoms. The molecule has 0 aliphatic carbocycles. The maximum absolute atomic E-state index is 12.7. The standard InChI is InChI=1S/C12H8ClFO3S/c13-18(15,16)12-3-1-2-11(8-12)17-10-6-4-9(14)5-7-10/h1-8H. The van der Waals surface area contributed by atoms with Crippen molar-refractivity contribution in [3.8, 4) is 11.5 Å². The van der Waals surface area contributed by atoms with Crippen LogP contribution in [0.4, 0.5) is 4.39 Å². The van der Waals surface area contributed by atoms with Gasteiger partial charge in [0.15, 0.2) is 0 Å². The van der Waals surface area contributed by atoms with Crippen molar-refractivity contribution < 1.29 is 17.5 Å². The fourth-order valence-corrected chi connectivity index (χ4v) is 2.11. The highest BCUT2D eigenvalue weighted by atomic mass is 35.7. The summed E-state index contributed by atoms with van der Waals surface area (Å²) in [6.45, 7) is 0. The highest BCUT2D eigenvalue weighted by molar-refractivity contribution is 8.13. The third-order valence-electron chi connectivity index (χ3n) is 2.14. The Balaban J connectivity index is 2.27. The Labute approximate surface area is 108 Å². The Kier molecular flexibility index (Phi) is 3.54. The number of halogens is 2. The van der Waals surface area contributed by atoms with Crippen LogP contribution in [-0.4, -0.2) is 8.42 Å². The zero-order chi connectivity index (χ0) is 13.2. The van der Waals surface area contributed by atoms with Crippen LogP contribution < -0.4 is 4.74 Å². The maximum atomic E-state index is 12.7. The molecule has 0 N–H and O–H groups in total. The molecule has 2 rings (SSSR count). The van der Waals surface area contributed by atoms with Crippen molar-refractivity contribution >= 4 is 19.7 Å². The first-order valence-electron chi connectivity index (χ1n) is 4.93. The van der Waals surface area contributed by atoms with Crippen LogP contribution in [0.2, 0.25) is 0 Å². The van der Waals surface area contributed by atoms with Gasteiger partial charge in [-0.3, -0.25) is 0 Å². The Morgan fingerprint density at radius 1 is 1.00 bits per heavy atom. The van der Waals surface area contributed by atoms with Crippen molar-refractivity contribution in [2.75, 3.05) is 0 Å². The fraction of sp³-hybridized carbons (Fsp3) is 0. The summed E-state index contributed by atoms with van der Waals surface area (Å²) in [5.41, 5.74) is 0. The monoisotopic (exact) mass is 286 g/mol. The molecule has 0 spiro atoms. The van der Waals surface area contributed by atoms with E-state index in [1.54, 1.807) is 6.07 Å². The first-order valence-corrected chi connectivity index (χ1v) is 7.24. The lowest BCUT2D eigenvalue weighted by Crippen LogP contribution is -1.91. The summed E-state index contributed by atoms with van der Waals surface area (Å²) in [6, 6.07) is 11.1. The van der Waals surface area contributed by atoms with Crippen LogP contribution in [-0.2, 0) is 9.05 Å². The molecule has 0 saturated carbocycles. The summed E-state index contributed by atoms with van der Waals surface area (Å²) >= 11 is 0. The molecule has 18 heavy (non-hydrogen) atoms. The van der Waals surface area contributed by atoms with Crippen molar-refractivity contribution in [3.63, 3.8) is 0 Å². The summed E-state index contributed by atoms with van der Waals surface area (Å²) in [6.07, 6.45) is 0. The Morgan fingerprint density at radius 2 is 1.67 bits per heavy atom. The van der Waals surface area contributed by atoms with E-state index in [-0.39, 0.29) is 10.7 Å². The van der Waals surface area contributed by atoms with Gasteiger partial charge in [-0.25, -0.2) is 12.8 Å². The summed E-state index contributed by atoms with van der Waals surface area (Å²) in [5, 5.41) is 0. The highest BCUT2D eigenvalue weighted by Gasteiger charge is 2.10. The molecule has 0 heterocycles. The first kappa shape index (κ1) is 12.9. The molecule has 2 aromatic rings. The predicted octanol–water partition coefficient (Wildman–Crippen LogP) is 3.55. The van der Waals surface area contributed by atoms with Crippen molar-refractivity contribution in [2.24, 2.45) is 0 Å². The van der Waals surface area contributed by atoms with E-state index in [1.165, 1.54) is 42.5 Å². The second-order valence-corrected chi connectivity index (χ2v) is 6.03. The summed E-state index contributed by atoms with van der Waals surface area (Å²) in [7, 11) is 1.43. The number of hydrogen-bond donors (Lipinski definition) is 0. The fourth-order valence-electron chi connectivity index (χ4n) is 1.33. The van der Waals surface area contributed by atoms with Gasteiger partial charge < -0.3 is 4.74 Å². The van der Waals surface area contributed by atoms with Crippen LogP contribution in [0.3, 0.4) is 0 Å². The van der Waals surface area contributed by atoms with Gasteiger partial charge in [-0.15, -0.1) is 0 Å². The molecule has 0 aromatic heterocycles. The number of rotatable bonds is 3. The minimum absolute atomic E-state index is 0.0521. The molecule has 0 unspecified atom stereocenters. The quantitative estimate of drug-likeness (QED) is 0.811. The van der Waals surface area contributed by atoms with E-state index >= 15 is 0 Å². The topological polar surface area (TPSA) is 43.4 Å². The molecule has 0 atom stereocenters. The molecule has 0 radical (unpaired) electrons. The van der Waals surface area contributed by atoms with Crippen LogP contribution in [0.5, 0.6) is 11.5 Å². The molecule has 3 nitrogen and oxygen atoms in total. The highest BCUT2D eigenvalue weighted by Crippen LogP contribution is 2.25. The van der Waals surface area contributed by atoms with Crippen LogP contribution in [0.15, 0.2) is 53.4 Å².